The van der Waals surface area contributed by atoms with Crippen molar-refractivity contribution in [2.24, 2.45) is 0 Å². The first kappa shape index (κ1) is 14.6. The summed E-state index contributed by atoms with van der Waals surface area (Å²) >= 11 is 8.17. The van der Waals surface area contributed by atoms with Crippen molar-refractivity contribution >= 4 is 34.2 Å². The molecular formula is C15H14ClIO2. The van der Waals surface area contributed by atoms with Gasteiger partial charge in [0.25, 0.3) is 0 Å². The molecular weight excluding hydrogens is 375 g/mol. The molecule has 2 nitrogen and oxygen atoms in total. The molecule has 1 atom stereocenters. The van der Waals surface area contributed by atoms with Gasteiger partial charge in [-0.3, -0.25) is 0 Å². The molecule has 2 aromatic carbocycles. The van der Waals surface area contributed by atoms with E-state index in [1.165, 1.54) is 3.57 Å². The molecule has 1 N–H and O–H groups in total. The molecule has 2 rings (SSSR count). The maximum Gasteiger partial charge on any atom is 0.126 e. The molecule has 0 radical (unpaired) electrons. The van der Waals surface area contributed by atoms with Crippen LogP contribution in [0.5, 0.6) is 5.75 Å². The summed E-state index contributed by atoms with van der Waals surface area (Å²) in [7, 11) is 1.58. The highest BCUT2D eigenvalue weighted by Crippen LogP contribution is 2.30. The fourth-order valence-corrected chi connectivity index (χ4v) is 2.44. The van der Waals surface area contributed by atoms with Gasteiger partial charge in [0, 0.05) is 20.6 Å². The fourth-order valence-electron chi connectivity index (χ4n) is 1.91. The van der Waals surface area contributed by atoms with E-state index in [1.807, 2.05) is 24.3 Å². The first-order valence-corrected chi connectivity index (χ1v) is 7.32. The second-order valence-electron chi connectivity index (χ2n) is 4.23. The normalized spacial score (nSPS) is 12.2. The monoisotopic (exact) mass is 388 g/mol. The van der Waals surface area contributed by atoms with E-state index in [4.69, 9.17) is 16.3 Å². The number of aliphatic hydroxyl groups excluding tert-OH is 1. The van der Waals surface area contributed by atoms with Crippen LogP contribution in [0.3, 0.4) is 0 Å². The first-order valence-electron chi connectivity index (χ1n) is 5.86. The quantitative estimate of drug-likeness (QED) is 0.794. The zero-order chi connectivity index (χ0) is 13.8. The SMILES string of the molecule is COc1cc(Cl)ccc1C(O)Cc1ccc(I)cc1. The van der Waals surface area contributed by atoms with E-state index in [0.717, 1.165) is 11.1 Å². The van der Waals surface area contributed by atoms with Gasteiger partial charge >= 0.3 is 0 Å². The molecule has 19 heavy (non-hydrogen) atoms. The summed E-state index contributed by atoms with van der Waals surface area (Å²) in [5.74, 6) is 0.616. The van der Waals surface area contributed by atoms with Crippen molar-refractivity contribution in [3.05, 3.63) is 62.2 Å². The summed E-state index contributed by atoms with van der Waals surface area (Å²) in [6, 6.07) is 13.4. The lowest BCUT2D eigenvalue weighted by molar-refractivity contribution is 0.174. The third-order valence-electron chi connectivity index (χ3n) is 2.90. The number of hydrogen-bond acceptors (Lipinski definition) is 2. The lowest BCUT2D eigenvalue weighted by Crippen LogP contribution is -2.04. The van der Waals surface area contributed by atoms with Crippen molar-refractivity contribution < 1.29 is 9.84 Å². The van der Waals surface area contributed by atoms with Crippen LogP contribution >= 0.6 is 34.2 Å². The van der Waals surface area contributed by atoms with Crippen molar-refractivity contribution in [2.75, 3.05) is 7.11 Å². The van der Waals surface area contributed by atoms with Crippen LogP contribution in [0.4, 0.5) is 0 Å². The molecule has 0 fully saturated rings. The van der Waals surface area contributed by atoms with Gasteiger partial charge in [-0.25, -0.2) is 0 Å². The van der Waals surface area contributed by atoms with Gasteiger partial charge in [-0.15, -0.1) is 0 Å². The minimum Gasteiger partial charge on any atom is -0.496 e. The van der Waals surface area contributed by atoms with Gasteiger partial charge < -0.3 is 9.84 Å². The van der Waals surface area contributed by atoms with Gasteiger partial charge in [0.05, 0.1) is 13.2 Å². The van der Waals surface area contributed by atoms with Gasteiger partial charge in [-0.2, -0.15) is 0 Å². The molecule has 0 aliphatic carbocycles. The second-order valence-corrected chi connectivity index (χ2v) is 5.91. The topological polar surface area (TPSA) is 29.5 Å². The molecule has 0 aliphatic rings. The fraction of sp³-hybridized carbons (Fsp3) is 0.200. The Labute approximate surface area is 131 Å². The van der Waals surface area contributed by atoms with E-state index >= 15 is 0 Å². The summed E-state index contributed by atoms with van der Waals surface area (Å²) in [6.07, 6.45) is -0.0539. The maximum atomic E-state index is 10.3. The Hall–Kier alpha value is -0.780. The van der Waals surface area contributed by atoms with Crippen LogP contribution in [-0.2, 0) is 6.42 Å². The number of ether oxygens (including phenoxy) is 1. The largest absolute Gasteiger partial charge is 0.496 e. The molecule has 0 bridgehead atoms. The molecule has 1 unspecified atom stereocenters. The molecule has 0 aliphatic heterocycles. The summed E-state index contributed by atoms with van der Waals surface area (Å²) < 4.78 is 6.44. The Morgan fingerprint density at radius 2 is 1.89 bits per heavy atom. The number of hydrogen-bond donors (Lipinski definition) is 1. The van der Waals surface area contributed by atoms with Crippen molar-refractivity contribution in [1.29, 1.82) is 0 Å². The lowest BCUT2D eigenvalue weighted by atomic mass is 10.0. The van der Waals surface area contributed by atoms with Crippen LogP contribution in [0.1, 0.15) is 17.2 Å². The number of halogens is 2. The zero-order valence-corrected chi connectivity index (χ0v) is 13.4. The second kappa shape index (κ2) is 6.59. The van der Waals surface area contributed by atoms with Crippen molar-refractivity contribution in [1.82, 2.24) is 0 Å². The van der Waals surface area contributed by atoms with Gasteiger partial charge in [0.1, 0.15) is 5.75 Å². The molecule has 0 amide bonds. The zero-order valence-electron chi connectivity index (χ0n) is 10.4. The van der Waals surface area contributed by atoms with Crippen LogP contribution in [0.15, 0.2) is 42.5 Å². The first-order chi connectivity index (χ1) is 9.10. The molecule has 2 aromatic rings. The lowest BCUT2D eigenvalue weighted by Gasteiger charge is -2.15. The number of methoxy groups -OCH3 is 1. The molecule has 4 heteroatoms. The summed E-state index contributed by atoms with van der Waals surface area (Å²) in [5, 5.41) is 10.9. The Bertz CT molecular complexity index is 555. The average molecular weight is 389 g/mol. The third kappa shape index (κ3) is 3.84. The van der Waals surface area contributed by atoms with E-state index in [-0.39, 0.29) is 0 Å². The molecule has 0 saturated carbocycles. The van der Waals surface area contributed by atoms with Crippen LogP contribution < -0.4 is 4.74 Å². The van der Waals surface area contributed by atoms with Crippen molar-refractivity contribution in [3.8, 4) is 5.75 Å². The maximum absolute atomic E-state index is 10.3. The van der Waals surface area contributed by atoms with E-state index in [1.54, 1.807) is 25.3 Å². The van der Waals surface area contributed by atoms with Gasteiger partial charge in [0.2, 0.25) is 0 Å². The number of rotatable bonds is 4. The predicted molar refractivity (Wildman–Crippen MR) is 85.8 cm³/mol. The van der Waals surface area contributed by atoms with E-state index in [2.05, 4.69) is 22.6 Å². The van der Waals surface area contributed by atoms with Crippen molar-refractivity contribution in [3.63, 3.8) is 0 Å². The molecule has 100 valence electrons. The minimum atomic E-state index is -0.604. The smallest absolute Gasteiger partial charge is 0.126 e. The highest BCUT2D eigenvalue weighted by Gasteiger charge is 2.14. The van der Waals surface area contributed by atoms with Crippen LogP contribution in [0.25, 0.3) is 0 Å². The van der Waals surface area contributed by atoms with Gasteiger partial charge in [0.15, 0.2) is 0 Å². The van der Waals surface area contributed by atoms with Crippen LogP contribution in [0.2, 0.25) is 5.02 Å². The van der Waals surface area contributed by atoms with Crippen LogP contribution in [0, 0.1) is 3.57 Å². The van der Waals surface area contributed by atoms with E-state index in [9.17, 15) is 5.11 Å². The molecule has 0 saturated heterocycles. The third-order valence-corrected chi connectivity index (χ3v) is 3.85. The highest BCUT2D eigenvalue weighted by molar-refractivity contribution is 14.1. The average Bonchev–Trinajstić information content (AvgIpc) is 2.41. The van der Waals surface area contributed by atoms with Crippen molar-refractivity contribution in [2.45, 2.75) is 12.5 Å². The highest BCUT2D eigenvalue weighted by atomic mass is 127. The standard InChI is InChI=1S/C15H14ClIO2/c1-19-15-9-11(16)4-7-13(15)14(18)8-10-2-5-12(17)6-3-10/h2-7,9,14,18H,8H2,1H3. The predicted octanol–water partition coefficient (Wildman–Crippen LogP) is 4.23. The molecule has 0 aromatic heterocycles. The Balaban J connectivity index is 2.19. The summed E-state index contributed by atoms with van der Waals surface area (Å²) in [5.41, 5.74) is 1.84. The van der Waals surface area contributed by atoms with E-state index < -0.39 is 6.10 Å². The van der Waals surface area contributed by atoms with Crippen LogP contribution in [-0.4, -0.2) is 12.2 Å². The van der Waals surface area contributed by atoms with E-state index in [0.29, 0.717) is 17.2 Å². The summed E-state index contributed by atoms with van der Waals surface area (Å²) in [6.45, 7) is 0. The van der Waals surface area contributed by atoms with Gasteiger partial charge in [-0.05, 0) is 52.4 Å². The number of benzene rings is 2. The Morgan fingerprint density at radius 3 is 2.53 bits per heavy atom. The summed E-state index contributed by atoms with van der Waals surface area (Å²) in [4.78, 5) is 0. The molecule has 0 spiro atoms. The minimum absolute atomic E-state index is 0.551. The Kier molecular flexibility index (Phi) is 5.07. The molecule has 0 heterocycles. The number of aliphatic hydroxyl groups is 1. The Morgan fingerprint density at radius 1 is 1.21 bits per heavy atom. The van der Waals surface area contributed by atoms with Gasteiger partial charge in [-0.1, -0.05) is 29.8 Å².